The van der Waals surface area contributed by atoms with Gasteiger partial charge in [-0.2, -0.15) is 0 Å². The topological polar surface area (TPSA) is 88.2 Å². The molecule has 2 rings (SSSR count). The molecule has 2 N–H and O–H groups in total. The largest absolute Gasteiger partial charge is 0.353 e. The monoisotopic (exact) mass is 359 g/mol. The Labute approximate surface area is 150 Å². The van der Waals surface area contributed by atoms with Gasteiger partial charge in [-0.25, -0.2) is 4.98 Å². The normalized spacial score (nSPS) is 10.3. The molecule has 0 bridgehead atoms. The van der Waals surface area contributed by atoms with E-state index < -0.39 is 11.7 Å². The summed E-state index contributed by atoms with van der Waals surface area (Å²) in [7, 11) is 1.44. The predicted octanol–water partition coefficient (Wildman–Crippen LogP) is 3.01. The number of amides is 2. The van der Waals surface area contributed by atoms with Crippen LogP contribution in [0.5, 0.6) is 0 Å². The number of benzene rings is 1. The van der Waals surface area contributed by atoms with Crippen LogP contribution in [0, 0.1) is 0 Å². The van der Waals surface area contributed by atoms with E-state index in [-0.39, 0.29) is 12.3 Å². The summed E-state index contributed by atoms with van der Waals surface area (Å²) in [5.74, 6) is -1.06. The van der Waals surface area contributed by atoms with Gasteiger partial charge in [0.15, 0.2) is 5.13 Å². The molecule has 0 fully saturated rings. The number of carbonyl (C=O) groups excluding carboxylic acids is 3. The third kappa shape index (κ3) is 6.11. The average molecular weight is 359 g/mol. The van der Waals surface area contributed by atoms with Crippen LogP contribution in [-0.2, 0) is 14.4 Å². The third-order valence-corrected chi connectivity index (χ3v) is 4.37. The van der Waals surface area contributed by atoms with Gasteiger partial charge in [0.2, 0.25) is 11.7 Å². The Kier molecular flexibility index (Phi) is 7.28. The number of hydrogen-bond donors (Lipinski definition) is 2. The second-order valence-corrected chi connectivity index (χ2v) is 6.37. The van der Waals surface area contributed by atoms with Crippen LogP contribution in [0.25, 0.3) is 11.3 Å². The second-order valence-electron chi connectivity index (χ2n) is 5.52. The van der Waals surface area contributed by atoms with Gasteiger partial charge >= 0.3 is 0 Å². The summed E-state index contributed by atoms with van der Waals surface area (Å²) in [5.41, 5.74) is 1.86. The fraction of sp³-hybridized carbons (Fsp3) is 0.333. The molecule has 2 amide bonds. The zero-order chi connectivity index (χ0) is 18.1. The lowest BCUT2D eigenvalue weighted by molar-refractivity contribution is -0.137. The predicted molar refractivity (Wildman–Crippen MR) is 98.3 cm³/mol. The summed E-state index contributed by atoms with van der Waals surface area (Å²) in [6.07, 6.45) is 2.59. The molecular formula is C18H21N3O3S. The van der Waals surface area contributed by atoms with Gasteiger partial charge in [-0.05, 0) is 12.8 Å². The van der Waals surface area contributed by atoms with Gasteiger partial charge in [-0.3, -0.25) is 14.4 Å². The van der Waals surface area contributed by atoms with Crippen LogP contribution in [0.1, 0.15) is 32.1 Å². The van der Waals surface area contributed by atoms with Gasteiger partial charge in [0.05, 0.1) is 5.69 Å². The van der Waals surface area contributed by atoms with E-state index in [2.05, 4.69) is 15.6 Å². The number of aromatic nitrogens is 1. The van der Waals surface area contributed by atoms with Crippen LogP contribution in [0.2, 0.25) is 0 Å². The van der Waals surface area contributed by atoms with E-state index in [9.17, 15) is 14.4 Å². The Bertz CT molecular complexity index is 728. The first-order valence-corrected chi connectivity index (χ1v) is 9.04. The van der Waals surface area contributed by atoms with Crippen LogP contribution in [0.4, 0.5) is 5.13 Å². The fourth-order valence-corrected chi connectivity index (χ4v) is 2.99. The molecule has 1 heterocycles. The standard InChI is InChI=1S/C18H21N3O3S/c1-19-17(24)15(22)10-6-3-7-11-16(23)21-18-20-14(12-25-18)13-8-4-2-5-9-13/h2,4-5,8-9,12H,3,6-7,10-11H2,1H3,(H,19,24)(H,20,21,23). The maximum atomic E-state index is 11.9. The number of carbonyl (C=O) groups is 3. The highest BCUT2D eigenvalue weighted by Crippen LogP contribution is 2.24. The van der Waals surface area contributed by atoms with E-state index in [1.165, 1.54) is 18.4 Å². The van der Waals surface area contributed by atoms with Crippen LogP contribution >= 0.6 is 11.3 Å². The molecule has 25 heavy (non-hydrogen) atoms. The number of rotatable bonds is 9. The van der Waals surface area contributed by atoms with E-state index in [0.29, 0.717) is 24.4 Å². The van der Waals surface area contributed by atoms with Crippen molar-refractivity contribution in [3.8, 4) is 11.3 Å². The molecule has 2 aromatic rings. The lowest BCUT2D eigenvalue weighted by Gasteiger charge is -2.02. The number of likely N-dealkylation sites (N-methyl/N-ethyl adjacent to an activating group) is 1. The summed E-state index contributed by atoms with van der Waals surface area (Å²) >= 11 is 1.39. The molecule has 132 valence electrons. The molecule has 0 saturated heterocycles. The second kappa shape index (κ2) is 9.68. The Morgan fingerprint density at radius 3 is 2.48 bits per heavy atom. The van der Waals surface area contributed by atoms with Crippen LogP contribution < -0.4 is 10.6 Å². The summed E-state index contributed by atoms with van der Waals surface area (Å²) in [6.45, 7) is 0. The van der Waals surface area contributed by atoms with Crippen LogP contribution in [0.15, 0.2) is 35.7 Å². The summed E-state index contributed by atoms with van der Waals surface area (Å²) < 4.78 is 0. The van der Waals surface area contributed by atoms with Crippen molar-refractivity contribution >= 4 is 34.1 Å². The summed E-state index contributed by atoms with van der Waals surface area (Å²) in [4.78, 5) is 38.7. The molecular weight excluding hydrogens is 338 g/mol. The lowest BCUT2D eigenvalue weighted by atomic mass is 10.1. The van der Waals surface area contributed by atoms with E-state index in [1.807, 2.05) is 35.7 Å². The van der Waals surface area contributed by atoms with Crippen molar-refractivity contribution in [2.75, 3.05) is 12.4 Å². The van der Waals surface area contributed by atoms with E-state index >= 15 is 0 Å². The zero-order valence-corrected chi connectivity index (χ0v) is 14.9. The molecule has 0 aliphatic heterocycles. The zero-order valence-electron chi connectivity index (χ0n) is 14.1. The Balaban J connectivity index is 1.68. The van der Waals surface area contributed by atoms with Crippen molar-refractivity contribution in [1.82, 2.24) is 10.3 Å². The molecule has 0 spiro atoms. The molecule has 1 aromatic carbocycles. The van der Waals surface area contributed by atoms with E-state index in [0.717, 1.165) is 17.7 Å². The maximum Gasteiger partial charge on any atom is 0.287 e. The van der Waals surface area contributed by atoms with Crippen molar-refractivity contribution in [2.45, 2.75) is 32.1 Å². The highest BCUT2D eigenvalue weighted by atomic mass is 32.1. The number of Topliss-reactive ketones (excluding diaryl/α,β-unsaturated/α-hetero) is 1. The third-order valence-electron chi connectivity index (χ3n) is 3.61. The van der Waals surface area contributed by atoms with Crippen molar-refractivity contribution < 1.29 is 14.4 Å². The number of unbranched alkanes of at least 4 members (excludes halogenated alkanes) is 2. The molecule has 0 atom stereocenters. The number of ketones is 1. The Morgan fingerprint density at radius 2 is 1.76 bits per heavy atom. The van der Waals surface area contributed by atoms with Crippen LogP contribution in [-0.4, -0.2) is 29.6 Å². The lowest BCUT2D eigenvalue weighted by Crippen LogP contribution is -2.27. The fourth-order valence-electron chi connectivity index (χ4n) is 2.26. The van der Waals surface area contributed by atoms with Crippen molar-refractivity contribution in [3.63, 3.8) is 0 Å². The Hall–Kier alpha value is -2.54. The van der Waals surface area contributed by atoms with Crippen molar-refractivity contribution in [2.24, 2.45) is 0 Å². The smallest absolute Gasteiger partial charge is 0.287 e. The van der Waals surface area contributed by atoms with Gasteiger partial charge in [-0.1, -0.05) is 36.8 Å². The quantitative estimate of drug-likeness (QED) is 0.532. The minimum absolute atomic E-state index is 0.0911. The number of nitrogens with zero attached hydrogens (tertiary/aromatic N) is 1. The maximum absolute atomic E-state index is 11.9. The molecule has 7 heteroatoms. The summed E-state index contributed by atoms with van der Waals surface area (Å²) in [6, 6.07) is 9.78. The van der Waals surface area contributed by atoms with Crippen molar-refractivity contribution in [1.29, 1.82) is 0 Å². The first kappa shape index (κ1) is 18.8. The summed E-state index contributed by atoms with van der Waals surface area (Å²) in [5, 5.41) is 7.60. The van der Waals surface area contributed by atoms with Crippen molar-refractivity contribution in [3.05, 3.63) is 35.7 Å². The molecule has 0 radical (unpaired) electrons. The number of nitrogens with one attached hydrogen (secondary N) is 2. The average Bonchev–Trinajstić information content (AvgIpc) is 3.09. The van der Waals surface area contributed by atoms with Gasteiger partial charge in [0.1, 0.15) is 0 Å². The highest BCUT2D eigenvalue weighted by Gasteiger charge is 2.11. The first-order valence-electron chi connectivity index (χ1n) is 8.16. The minimum atomic E-state index is -0.560. The molecule has 0 saturated carbocycles. The number of anilines is 1. The minimum Gasteiger partial charge on any atom is -0.353 e. The van der Waals surface area contributed by atoms with Gasteiger partial charge in [0, 0.05) is 30.8 Å². The van der Waals surface area contributed by atoms with Crippen LogP contribution in [0.3, 0.4) is 0 Å². The first-order chi connectivity index (χ1) is 12.1. The van der Waals surface area contributed by atoms with E-state index in [4.69, 9.17) is 0 Å². The van der Waals surface area contributed by atoms with Gasteiger partial charge in [0.25, 0.3) is 5.91 Å². The van der Waals surface area contributed by atoms with Gasteiger partial charge in [-0.15, -0.1) is 11.3 Å². The number of hydrogen-bond acceptors (Lipinski definition) is 5. The number of thiazole rings is 1. The molecule has 0 aliphatic rings. The highest BCUT2D eigenvalue weighted by molar-refractivity contribution is 7.14. The molecule has 0 unspecified atom stereocenters. The van der Waals surface area contributed by atoms with E-state index in [1.54, 1.807) is 0 Å². The molecule has 0 aliphatic carbocycles. The molecule has 6 nitrogen and oxygen atoms in total. The SMILES string of the molecule is CNC(=O)C(=O)CCCCCC(=O)Nc1nc(-c2ccccc2)cs1. The molecule has 1 aromatic heterocycles. The Morgan fingerprint density at radius 1 is 1.04 bits per heavy atom. The van der Waals surface area contributed by atoms with Gasteiger partial charge < -0.3 is 10.6 Å².